The molecule has 0 spiro atoms. The Morgan fingerprint density at radius 2 is 1.26 bits per heavy atom. The second-order valence-electron chi connectivity index (χ2n) is 11.1. The Morgan fingerprint density at radius 3 is 1.98 bits per heavy atom. The van der Waals surface area contributed by atoms with Crippen molar-refractivity contribution in [2.75, 3.05) is 0 Å². The molecule has 3 nitrogen and oxygen atoms in total. The zero-order valence-corrected chi connectivity index (χ0v) is 23.2. The molecule has 1 unspecified atom stereocenters. The standard InChI is InChI=1S/C40H25N2O/c1-2-10-26-23-38-34(21-25(26)9-1)33-22-27(18-19-37(33)43-38)39-29-12-3-5-14-31(29)40(32-15-6-4-13-30(32)39)36-17-7-16-35(42-36)28-11-8-20-41-24-28/h1-24,35H/q-1. The van der Waals surface area contributed by atoms with Crippen LogP contribution in [0.15, 0.2) is 150 Å². The Bertz CT molecular complexity index is 2370. The molecule has 8 aromatic rings. The van der Waals surface area contributed by atoms with Gasteiger partial charge in [0.2, 0.25) is 0 Å². The highest BCUT2D eigenvalue weighted by molar-refractivity contribution is 6.20. The summed E-state index contributed by atoms with van der Waals surface area (Å²) in [7, 11) is 0. The van der Waals surface area contributed by atoms with E-state index in [4.69, 9.17) is 9.73 Å². The zero-order valence-electron chi connectivity index (χ0n) is 23.2. The van der Waals surface area contributed by atoms with Crippen molar-refractivity contribution in [1.82, 2.24) is 4.98 Å². The normalized spacial score (nSPS) is 15.0. The number of aromatic nitrogens is 1. The number of hydrogen-bond acceptors (Lipinski definition) is 2. The minimum Gasteiger partial charge on any atom is -0.674 e. The SMILES string of the molecule is C1=CC(c2cccnc2)[N-]C(c2c3ccccc3c(-c3ccc4oc5cc6ccccc6cc5c4c3)c3ccccc23)=C1. The summed E-state index contributed by atoms with van der Waals surface area (Å²) in [6.45, 7) is 0. The number of rotatable bonds is 3. The molecule has 2 aromatic heterocycles. The van der Waals surface area contributed by atoms with Crippen LogP contribution in [-0.2, 0) is 0 Å². The van der Waals surface area contributed by atoms with Crippen molar-refractivity contribution >= 4 is 60.0 Å². The lowest BCUT2D eigenvalue weighted by molar-refractivity contribution is 0.669. The predicted octanol–water partition coefficient (Wildman–Crippen LogP) is 11.1. The van der Waals surface area contributed by atoms with E-state index in [1.165, 1.54) is 43.4 Å². The number of pyridine rings is 1. The van der Waals surface area contributed by atoms with Gasteiger partial charge in [-0.2, -0.15) is 0 Å². The molecule has 1 aliphatic rings. The largest absolute Gasteiger partial charge is 0.674 e. The van der Waals surface area contributed by atoms with Crippen molar-refractivity contribution in [3.8, 4) is 11.1 Å². The summed E-state index contributed by atoms with van der Waals surface area (Å²) in [6.07, 6.45) is 10.1. The summed E-state index contributed by atoms with van der Waals surface area (Å²) in [5.74, 6) is 0. The Balaban J connectivity index is 1.28. The van der Waals surface area contributed by atoms with E-state index >= 15 is 0 Å². The van der Waals surface area contributed by atoms with Gasteiger partial charge in [0.25, 0.3) is 0 Å². The van der Waals surface area contributed by atoms with Crippen LogP contribution in [0.2, 0.25) is 0 Å². The molecule has 6 aromatic carbocycles. The van der Waals surface area contributed by atoms with E-state index in [0.717, 1.165) is 38.8 Å². The molecule has 0 saturated carbocycles. The fourth-order valence-corrected chi connectivity index (χ4v) is 6.71. The maximum atomic E-state index is 6.34. The molecular formula is C40H25N2O-. The highest BCUT2D eigenvalue weighted by atomic mass is 16.3. The Kier molecular flexibility index (Phi) is 5.26. The van der Waals surface area contributed by atoms with Gasteiger partial charge in [-0.15, -0.1) is 5.70 Å². The first-order valence-electron chi connectivity index (χ1n) is 14.6. The van der Waals surface area contributed by atoms with Gasteiger partial charge in [-0.25, -0.2) is 0 Å². The van der Waals surface area contributed by atoms with Crippen molar-refractivity contribution < 1.29 is 4.42 Å². The molecule has 1 aliphatic heterocycles. The van der Waals surface area contributed by atoms with Crippen LogP contribution in [-0.4, -0.2) is 4.98 Å². The fourth-order valence-electron chi connectivity index (χ4n) is 6.71. The van der Waals surface area contributed by atoms with Crippen LogP contribution >= 0.6 is 0 Å². The number of nitrogens with zero attached hydrogens (tertiary/aromatic N) is 2. The fraction of sp³-hybridized carbons (Fsp3) is 0.0250. The van der Waals surface area contributed by atoms with Crippen molar-refractivity contribution in [3.63, 3.8) is 0 Å². The first-order chi connectivity index (χ1) is 21.3. The van der Waals surface area contributed by atoms with E-state index in [1.807, 2.05) is 12.3 Å². The van der Waals surface area contributed by atoms with E-state index < -0.39 is 0 Å². The second-order valence-corrected chi connectivity index (χ2v) is 11.1. The van der Waals surface area contributed by atoms with Crippen molar-refractivity contribution in [1.29, 1.82) is 0 Å². The summed E-state index contributed by atoms with van der Waals surface area (Å²) in [6, 6.07) is 40.9. The highest BCUT2D eigenvalue weighted by Gasteiger charge is 2.18. The van der Waals surface area contributed by atoms with Crippen LogP contribution in [0.25, 0.3) is 76.4 Å². The third kappa shape index (κ3) is 3.79. The van der Waals surface area contributed by atoms with Crippen LogP contribution in [0.1, 0.15) is 17.2 Å². The number of fused-ring (bicyclic) bond motifs is 6. The first kappa shape index (κ1) is 24.0. The van der Waals surface area contributed by atoms with Crippen molar-refractivity contribution in [2.45, 2.75) is 6.04 Å². The zero-order chi connectivity index (χ0) is 28.3. The lowest BCUT2D eigenvalue weighted by Gasteiger charge is -2.37. The van der Waals surface area contributed by atoms with Gasteiger partial charge in [-0.3, -0.25) is 4.98 Å². The van der Waals surface area contributed by atoms with Gasteiger partial charge in [-0.1, -0.05) is 109 Å². The molecule has 0 N–H and O–H groups in total. The molecule has 0 fully saturated rings. The minimum absolute atomic E-state index is 0.0706. The maximum absolute atomic E-state index is 6.34. The highest BCUT2D eigenvalue weighted by Crippen LogP contribution is 2.46. The lowest BCUT2D eigenvalue weighted by Crippen LogP contribution is -2.01. The molecule has 3 heterocycles. The average Bonchev–Trinajstić information content (AvgIpc) is 3.43. The summed E-state index contributed by atoms with van der Waals surface area (Å²) >= 11 is 0. The third-order valence-electron chi connectivity index (χ3n) is 8.67. The van der Waals surface area contributed by atoms with Crippen LogP contribution in [0.4, 0.5) is 0 Å². The van der Waals surface area contributed by atoms with E-state index in [9.17, 15) is 0 Å². The summed E-state index contributed by atoms with van der Waals surface area (Å²) < 4.78 is 6.34. The van der Waals surface area contributed by atoms with E-state index in [2.05, 4.69) is 132 Å². The Labute approximate surface area is 248 Å². The van der Waals surface area contributed by atoms with Gasteiger partial charge in [-0.05, 0) is 84.9 Å². The molecule has 9 rings (SSSR count). The molecule has 3 heteroatoms. The summed E-state index contributed by atoms with van der Waals surface area (Å²) in [4.78, 5) is 4.33. The monoisotopic (exact) mass is 549 g/mol. The van der Waals surface area contributed by atoms with Gasteiger partial charge >= 0.3 is 0 Å². The van der Waals surface area contributed by atoms with Crippen LogP contribution in [0.5, 0.6) is 0 Å². The molecule has 1 atom stereocenters. The Hall–Kier alpha value is -5.67. The molecule has 0 radical (unpaired) electrons. The smallest absolute Gasteiger partial charge is 0.136 e. The van der Waals surface area contributed by atoms with Gasteiger partial charge in [0.15, 0.2) is 0 Å². The van der Waals surface area contributed by atoms with Gasteiger partial charge in [0.05, 0.1) is 0 Å². The summed E-state index contributed by atoms with van der Waals surface area (Å²) in [5, 5.41) is 14.7. The van der Waals surface area contributed by atoms with E-state index in [1.54, 1.807) is 6.20 Å². The molecule has 202 valence electrons. The van der Waals surface area contributed by atoms with Crippen LogP contribution in [0.3, 0.4) is 0 Å². The lowest BCUT2D eigenvalue weighted by atomic mass is 9.86. The van der Waals surface area contributed by atoms with Gasteiger partial charge in [0, 0.05) is 23.2 Å². The number of hydrogen-bond donors (Lipinski definition) is 0. The second kappa shape index (κ2) is 9.43. The van der Waals surface area contributed by atoms with Crippen molar-refractivity contribution in [2.24, 2.45) is 0 Å². The molecule has 0 saturated heterocycles. The maximum Gasteiger partial charge on any atom is 0.136 e. The number of furan rings is 1. The summed E-state index contributed by atoms with van der Waals surface area (Å²) in [5.41, 5.74) is 7.44. The molecular weight excluding hydrogens is 524 g/mol. The molecule has 0 aliphatic carbocycles. The number of allylic oxidation sites excluding steroid dienone is 2. The third-order valence-corrected chi connectivity index (χ3v) is 8.67. The minimum atomic E-state index is -0.0706. The topological polar surface area (TPSA) is 40.1 Å². The molecule has 0 amide bonds. The molecule has 0 bridgehead atoms. The predicted molar refractivity (Wildman–Crippen MR) is 179 cm³/mol. The first-order valence-corrected chi connectivity index (χ1v) is 14.6. The van der Waals surface area contributed by atoms with E-state index in [-0.39, 0.29) is 6.04 Å². The number of benzene rings is 6. The van der Waals surface area contributed by atoms with Crippen molar-refractivity contribution in [3.05, 3.63) is 162 Å². The Morgan fingerprint density at radius 1 is 0.581 bits per heavy atom. The quantitative estimate of drug-likeness (QED) is 0.206. The van der Waals surface area contributed by atoms with Gasteiger partial charge in [0.1, 0.15) is 11.2 Å². The average molecular weight is 550 g/mol. The van der Waals surface area contributed by atoms with Crippen LogP contribution < -0.4 is 0 Å². The van der Waals surface area contributed by atoms with Gasteiger partial charge < -0.3 is 9.73 Å². The van der Waals surface area contributed by atoms with E-state index in [0.29, 0.717) is 0 Å². The molecule has 43 heavy (non-hydrogen) atoms. The van der Waals surface area contributed by atoms with Crippen LogP contribution in [0, 0.1) is 0 Å².